The highest BCUT2D eigenvalue weighted by atomic mass is 32.1. The predicted octanol–water partition coefficient (Wildman–Crippen LogP) is 3.86. The summed E-state index contributed by atoms with van der Waals surface area (Å²) in [6.07, 6.45) is -1.71. The number of nitrogens with one attached hydrogen (secondary N) is 1. The van der Waals surface area contributed by atoms with Crippen molar-refractivity contribution in [2.24, 2.45) is 5.73 Å². The number of esters is 1. The van der Waals surface area contributed by atoms with E-state index in [9.17, 15) is 22.8 Å². The van der Waals surface area contributed by atoms with Gasteiger partial charge in [-0.15, -0.1) is 16.4 Å². The summed E-state index contributed by atoms with van der Waals surface area (Å²) in [6.45, 7) is -0.158. The highest BCUT2D eigenvalue weighted by Gasteiger charge is 2.42. The van der Waals surface area contributed by atoms with Gasteiger partial charge in [0.2, 0.25) is 0 Å². The van der Waals surface area contributed by atoms with Crippen molar-refractivity contribution in [3.8, 4) is 23.1 Å². The summed E-state index contributed by atoms with van der Waals surface area (Å²) in [5, 5.41) is 19.9. The standard InChI is InChI=1S/C26H20F3N7O3S/c27-26(28,29)24(38)39-22-16(12-36-13-20(34-35-36)15-6-4-14(11-30)5-7-15)2-1-3-18(22)23(37)33-25-32-19-9-8-17(31)10-21(19)40-25/h1-7,13,17H,8-10,12,31H2,(H,32,33,37)/t17-/m1/s1. The zero-order valence-electron chi connectivity index (χ0n) is 20.6. The number of anilines is 1. The lowest BCUT2D eigenvalue weighted by atomic mass is 9.99. The maximum absolute atomic E-state index is 13.2. The van der Waals surface area contributed by atoms with Gasteiger partial charge in [0.1, 0.15) is 11.4 Å². The molecular weight excluding hydrogens is 547 g/mol. The van der Waals surface area contributed by atoms with E-state index in [4.69, 9.17) is 15.7 Å². The van der Waals surface area contributed by atoms with Gasteiger partial charge >= 0.3 is 12.1 Å². The molecule has 2 aromatic heterocycles. The van der Waals surface area contributed by atoms with Crippen LogP contribution in [0.25, 0.3) is 11.3 Å². The third kappa shape index (κ3) is 5.85. The first kappa shape index (κ1) is 27.0. The smallest absolute Gasteiger partial charge is 0.419 e. The molecule has 2 aromatic carbocycles. The largest absolute Gasteiger partial charge is 0.491 e. The number of nitrogens with zero attached hydrogens (tertiary/aromatic N) is 5. The van der Waals surface area contributed by atoms with Crippen molar-refractivity contribution in [1.82, 2.24) is 20.0 Å². The lowest BCUT2D eigenvalue weighted by Crippen LogP contribution is -2.29. The number of hydrogen-bond donors (Lipinski definition) is 2. The van der Waals surface area contributed by atoms with Gasteiger partial charge in [-0.1, -0.05) is 29.5 Å². The average Bonchev–Trinajstić information content (AvgIpc) is 3.55. The highest BCUT2D eigenvalue weighted by molar-refractivity contribution is 7.15. The first-order valence-electron chi connectivity index (χ1n) is 12.0. The van der Waals surface area contributed by atoms with Crippen LogP contribution in [0.5, 0.6) is 5.75 Å². The Balaban J connectivity index is 1.43. The van der Waals surface area contributed by atoms with Crippen molar-refractivity contribution in [1.29, 1.82) is 5.26 Å². The van der Waals surface area contributed by atoms with Gasteiger partial charge in [0, 0.05) is 22.0 Å². The van der Waals surface area contributed by atoms with Gasteiger partial charge in [-0.2, -0.15) is 18.4 Å². The Kier molecular flexibility index (Phi) is 7.33. The van der Waals surface area contributed by atoms with Crippen LogP contribution in [-0.2, 0) is 24.2 Å². The Morgan fingerprint density at radius 3 is 2.73 bits per heavy atom. The number of fused-ring (bicyclic) bond motifs is 1. The fourth-order valence-corrected chi connectivity index (χ4v) is 5.27. The Labute approximate surface area is 229 Å². The normalized spacial score (nSPS) is 14.7. The van der Waals surface area contributed by atoms with Crippen molar-refractivity contribution < 1.29 is 27.5 Å². The number of carbonyl (C=O) groups is 2. The molecule has 2 heterocycles. The maximum atomic E-state index is 13.2. The van der Waals surface area contributed by atoms with E-state index in [0.717, 1.165) is 17.0 Å². The van der Waals surface area contributed by atoms with E-state index >= 15 is 0 Å². The van der Waals surface area contributed by atoms with E-state index in [2.05, 4.69) is 20.6 Å². The SMILES string of the molecule is N#Cc1ccc(-c2cn(Cc3cccc(C(=O)Nc4nc5c(s4)C[C@H](N)CC5)c3OC(=O)C(F)(F)F)nn2)cc1. The molecule has 0 saturated heterocycles. The summed E-state index contributed by atoms with van der Waals surface area (Å²) in [6, 6.07) is 12.7. The minimum absolute atomic E-state index is 0.00391. The molecule has 1 aliphatic rings. The van der Waals surface area contributed by atoms with Crippen LogP contribution in [0.3, 0.4) is 0 Å². The summed E-state index contributed by atoms with van der Waals surface area (Å²) in [7, 11) is 0. The maximum Gasteiger partial charge on any atom is 0.491 e. The minimum Gasteiger partial charge on any atom is -0.419 e. The molecule has 0 fully saturated rings. The number of thiazole rings is 1. The molecule has 1 aliphatic carbocycles. The minimum atomic E-state index is -5.29. The topological polar surface area (TPSA) is 149 Å². The number of nitrogens with two attached hydrogens (primary N) is 1. The number of hydrogen-bond acceptors (Lipinski definition) is 9. The van der Waals surface area contributed by atoms with Crippen LogP contribution in [0, 0.1) is 11.3 Å². The zero-order chi connectivity index (χ0) is 28.4. The molecule has 3 N–H and O–H groups in total. The monoisotopic (exact) mass is 567 g/mol. The van der Waals surface area contributed by atoms with E-state index in [-0.39, 0.29) is 28.8 Å². The van der Waals surface area contributed by atoms with Crippen LogP contribution in [0.1, 0.15) is 38.5 Å². The second-order valence-electron chi connectivity index (χ2n) is 9.02. The third-order valence-corrected chi connectivity index (χ3v) is 7.18. The molecule has 5 rings (SSSR count). The van der Waals surface area contributed by atoms with E-state index < -0.39 is 23.8 Å². The van der Waals surface area contributed by atoms with Crippen molar-refractivity contribution >= 4 is 28.3 Å². The lowest BCUT2D eigenvalue weighted by Gasteiger charge is -2.15. The number of benzene rings is 2. The van der Waals surface area contributed by atoms with Gasteiger partial charge in [-0.05, 0) is 37.5 Å². The summed E-state index contributed by atoms with van der Waals surface area (Å²) >= 11 is 1.24. The lowest BCUT2D eigenvalue weighted by molar-refractivity contribution is -0.189. The van der Waals surface area contributed by atoms with Gasteiger partial charge in [0.05, 0.1) is 35.6 Å². The molecule has 204 valence electrons. The number of ether oxygens (including phenoxy) is 1. The highest BCUT2D eigenvalue weighted by Crippen LogP contribution is 2.32. The van der Waals surface area contributed by atoms with Crippen LogP contribution in [-0.4, -0.2) is 44.1 Å². The fourth-order valence-electron chi connectivity index (χ4n) is 4.18. The number of carbonyl (C=O) groups excluding carboxylic acids is 2. The van der Waals surface area contributed by atoms with Crippen LogP contribution in [0.15, 0.2) is 48.7 Å². The van der Waals surface area contributed by atoms with Crippen molar-refractivity contribution in [3.63, 3.8) is 0 Å². The third-order valence-electron chi connectivity index (χ3n) is 6.15. The summed E-state index contributed by atoms with van der Waals surface area (Å²) in [4.78, 5) is 30.4. The van der Waals surface area contributed by atoms with Crippen LogP contribution >= 0.6 is 11.3 Å². The van der Waals surface area contributed by atoms with E-state index in [1.54, 1.807) is 24.3 Å². The Morgan fingerprint density at radius 2 is 2.00 bits per heavy atom. The Hall–Kier alpha value is -4.61. The number of rotatable bonds is 6. The van der Waals surface area contributed by atoms with Crippen LogP contribution in [0.2, 0.25) is 0 Å². The van der Waals surface area contributed by atoms with Gasteiger partial charge in [-0.3, -0.25) is 10.1 Å². The Bertz CT molecular complexity index is 1620. The zero-order valence-corrected chi connectivity index (χ0v) is 21.4. The molecule has 0 spiro atoms. The van der Waals surface area contributed by atoms with Crippen molar-refractivity contribution in [3.05, 3.63) is 75.9 Å². The molecule has 0 unspecified atom stereocenters. The first-order chi connectivity index (χ1) is 19.1. The van der Waals surface area contributed by atoms with E-state index in [0.29, 0.717) is 29.7 Å². The van der Waals surface area contributed by atoms with Crippen molar-refractivity contribution in [2.75, 3.05) is 5.32 Å². The molecule has 40 heavy (non-hydrogen) atoms. The average molecular weight is 568 g/mol. The van der Waals surface area contributed by atoms with Gasteiger partial charge < -0.3 is 10.5 Å². The van der Waals surface area contributed by atoms with Gasteiger partial charge in [0.15, 0.2) is 5.13 Å². The molecule has 0 radical (unpaired) electrons. The molecule has 10 nitrogen and oxygen atoms in total. The number of halogens is 3. The number of para-hydroxylation sites is 1. The number of aromatic nitrogens is 4. The summed E-state index contributed by atoms with van der Waals surface area (Å²) < 4.78 is 45.5. The number of nitriles is 1. The number of alkyl halides is 3. The Morgan fingerprint density at radius 1 is 1.23 bits per heavy atom. The number of aryl methyl sites for hydroxylation is 1. The first-order valence-corrected chi connectivity index (χ1v) is 12.8. The summed E-state index contributed by atoms with van der Waals surface area (Å²) in [5.74, 6) is -3.82. The molecule has 0 bridgehead atoms. The second-order valence-corrected chi connectivity index (χ2v) is 10.1. The van der Waals surface area contributed by atoms with Crippen LogP contribution < -0.4 is 15.8 Å². The molecule has 0 saturated carbocycles. The molecule has 0 aliphatic heterocycles. The molecular formula is C26H20F3N7O3S. The van der Waals surface area contributed by atoms with Gasteiger partial charge in [0.25, 0.3) is 5.91 Å². The predicted molar refractivity (Wildman–Crippen MR) is 137 cm³/mol. The van der Waals surface area contributed by atoms with Gasteiger partial charge in [-0.25, -0.2) is 14.5 Å². The molecule has 4 aromatic rings. The van der Waals surface area contributed by atoms with E-state index in [1.807, 2.05) is 6.07 Å². The van der Waals surface area contributed by atoms with Crippen LogP contribution in [0.4, 0.5) is 18.3 Å². The number of amides is 1. The summed E-state index contributed by atoms with van der Waals surface area (Å²) in [5.41, 5.74) is 8.20. The second kappa shape index (κ2) is 10.9. The quantitative estimate of drug-likeness (QED) is 0.264. The molecule has 14 heteroatoms. The molecule has 1 amide bonds. The fraction of sp³-hybridized carbons (Fsp3) is 0.231. The molecule has 1 atom stereocenters. The van der Waals surface area contributed by atoms with Crippen molar-refractivity contribution in [2.45, 2.75) is 38.0 Å². The van der Waals surface area contributed by atoms with E-state index in [1.165, 1.54) is 40.4 Å².